The topological polar surface area (TPSA) is 87.7 Å². The molecule has 1 rings (SSSR count). The first-order chi connectivity index (χ1) is 12.1. The highest BCUT2D eigenvalue weighted by Crippen LogP contribution is 2.29. The van der Waals surface area contributed by atoms with Crippen molar-refractivity contribution in [3.63, 3.8) is 0 Å². The number of ether oxygens (including phenoxy) is 1. The van der Waals surface area contributed by atoms with Crippen molar-refractivity contribution < 1.29 is 17.9 Å². The van der Waals surface area contributed by atoms with Gasteiger partial charge in [-0.05, 0) is 38.5 Å². The van der Waals surface area contributed by atoms with Gasteiger partial charge in [0.1, 0.15) is 5.75 Å². The van der Waals surface area contributed by atoms with Gasteiger partial charge in [-0.1, -0.05) is 20.8 Å². The van der Waals surface area contributed by atoms with E-state index in [4.69, 9.17) is 4.74 Å². The first-order valence-corrected chi connectivity index (χ1v) is 10.3. The van der Waals surface area contributed by atoms with Crippen LogP contribution in [0.3, 0.4) is 0 Å². The number of anilines is 1. The maximum atomic E-state index is 12.7. The second kappa shape index (κ2) is 9.34. The average molecular weight is 386 g/mol. The molecule has 26 heavy (non-hydrogen) atoms. The number of rotatable bonds is 10. The van der Waals surface area contributed by atoms with Crippen LogP contribution in [0.5, 0.6) is 5.75 Å². The van der Waals surface area contributed by atoms with Crippen LogP contribution in [0.25, 0.3) is 0 Å². The van der Waals surface area contributed by atoms with Crippen molar-refractivity contribution in [2.24, 2.45) is 0 Å². The van der Waals surface area contributed by atoms with Crippen LogP contribution in [0.1, 0.15) is 41.0 Å². The van der Waals surface area contributed by atoms with E-state index in [0.29, 0.717) is 24.5 Å². The average Bonchev–Trinajstić information content (AvgIpc) is 2.61. The first kappa shape index (κ1) is 22.4. The van der Waals surface area contributed by atoms with Crippen molar-refractivity contribution in [3.05, 3.63) is 18.2 Å². The zero-order valence-electron chi connectivity index (χ0n) is 16.5. The normalized spacial score (nSPS) is 12.3. The molecule has 0 spiro atoms. The highest BCUT2D eigenvalue weighted by atomic mass is 32.2. The van der Waals surface area contributed by atoms with E-state index in [1.54, 1.807) is 19.9 Å². The Morgan fingerprint density at radius 2 is 1.81 bits per heavy atom. The number of hydrogen-bond acceptors (Lipinski definition) is 5. The SMILES string of the molecule is CCN(CC)S(=O)(=O)c1ccc(OC)c(NC(=O)CNC(C)(C)CC)c1. The summed E-state index contributed by atoms with van der Waals surface area (Å²) in [5.74, 6) is 0.147. The third-order valence-electron chi connectivity index (χ3n) is 4.40. The zero-order chi connectivity index (χ0) is 20.0. The number of benzene rings is 1. The van der Waals surface area contributed by atoms with E-state index in [2.05, 4.69) is 10.6 Å². The molecule has 0 aromatic heterocycles. The van der Waals surface area contributed by atoms with Gasteiger partial charge in [0.05, 0.1) is 24.2 Å². The van der Waals surface area contributed by atoms with E-state index in [9.17, 15) is 13.2 Å². The van der Waals surface area contributed by atoms with Gasteiger partial charge in [-0.25, -0.2) is 8.42 Å². The molecule has 0 aliphatic heterocycles. The lowest BCUT2D eigenvalue weighted by Gasteiger charge is -2.24. The van der Waals surface area contributed by atoms with Gasteiger partial charge in [0, 0.05) is 18.6 Å². The molecule has 1 aromatic rings. The van der Waals surface area contributed by atoms with Crippen LogP contribution in [-0.4, -0.2) is 50.9 Å². The Bertz CT molecular complexity index is 713. The summed E-state index contributed by atoms with van der Waals surface area (Å²) in [7, 11) is -2.14. The van der Waals surface area contributed by atoms with Gasteiger partial charge in [-0.2, -0.15) is 4.31 Å². The fourth-order valence-corrected chi connectivity index (χ4v) is 3.78. The lowest BCUT2D eigenvalue weighted by atomic mass is 10.0. The quantitative estimate of drug-likeness (QED) is 0.646. The minimum atomic E-state index is -3.61. The standard InChI is InChI=1S/C18H31N3O4S/c1-7-18(4,5)19-13-17(22)20-15-12-14(10-11-16(15)25-6)26(23,24)21(8-2)9-3/h10-12,19H,7-9,13H2,1-6H3,(H,20,22). The summed E-state index contributed by atoms with van der Waals surface area (Å²) in [6, 6.07) is 4.48. The molecule has 0 aliphatic rings. The fraction of sp³-hybridized carbons (Fsp3) is 0.611. The lowest BCUT2D eigenvalue weighted by molar-refractivity contribution is -0.115. The van der Waals surface area contributed by atoms with Crippen molar-refractivity contribution >= 4 is 21.6 Å². The molecular formula is C18H31N3O4S. The predicted molar refractivity (Wildman–Crippen MR) is 104 cm³/mol. The molecule has 1 amide bonds. The van der Waals surface area contributed by atoms with Crippen LogP contribution in [-0.2, 0) is 14.8 Å². The van der Waals surface area contributed by atoms with Crippen LogP contribution >= 0.6 is 0 Å². The number of carbonyl (C=O) groups excluding carboxylic acids is 1. The number of nitrogens with zero attached hydrogens (tertiary/aromatic N) is 1. The maximum absolute atomic E-state index is 12.7. The summed E-state index contributed by atoms with van der Waals surface area (Å²) in [5, 5.41) is 5.90. The van der Waals surface area contributed by atoms with Gasteiger partial charge in [-0.3, -0.25) is 4.79 Å². The Morgan fingerprint density at radius 1 is 1.19 bits per heavy atom. The molecular weight excluding hydrogens is 354 g/mol. The Morgan fingerprint density at radius 3 is 2.31 bits per heavy atom. The van der Waals surface area contributed by atoms with Gasteiger partial charge in [0.25, 0.3) is 0 Å². The van der Waals surface area contributed by atoms with Crippen LogP contribution in [0, 0.1) is 0 Å². The van der Waals surface area contributed by atoms with Crippen molar-refractivity contribution in [1.29, 1.82) is 0 Å². The summed E-state index contributed by atoms with van der Waals surface area (Å²) in [5.41, 5.74) is 0.178. The number of sulfonamides is 1. The minimum Gasteiger partial charge on any atom is -0.495 e. The van der Waals surface area contributed by atoms with Crippen molar-refractivity contribution in [2.75, 3.05) is 32.1 Å². The molecule has 0 saturated heterocycles. The van der Waals surface area contributed by atoms with Crippen molar-refractivity contribution in [2.45, 2.75) is 51.5 Å². The van der Waals surface area contributed by atoms with E-state index < -0.39 is 10.0 Å². The monoisotopic (exact) mass is 385 g/mol. The summed E-state index contributed by atoms with van der Waals surface area (Å²) in [6.07, 6.45) is 0.876. The van der Waals surface area contributed by atoms with Crippen LogP contribution < -0.4 is 15.4 Å². The molecule has 0 fully saturated rings. The van der Waals surface area contributed by atoms with Gasteiger partial charge < -0.3 is 15.4 Å². The molecule has 0 radical (unpaired) electrons. The molecule has 148 valence electrons. The van der Waals surface area contributed by atoms with Gasteiger partial charge in [0.2, 0.25) is 15.9 Å². The van der Waals surface area contributed by atoms with E-state index in [1.165, 1.54) is 23.5 Å². The summed E-state index contributed by atoms with van der Waals surface area (Å²) < 4.78 is 32.0. The van der Waals surface area contributed by atoms with Gasteiger partial charge in [-0.15, -0.1) is 0 Å². The van der Waals surface area contributed by atoms with E-state index in [-0.39, 0.29) is 22.9 Å². The molecule has 0 heterocycles. The van der Waals surface area contributed by atoms with E-state index in [1.807, 2.05) is 20.8 Å². The zero-order valence-corrected chi connectivity index (χ0v) is 17.4. The lowest BCUT2D eigenvalue weighted by Crippen LogP contribution is -2.43. The number of nitrogens with one attached hydrogen (secondary N) is 2. The summed E-state index contributed by atoms with van der Waals surface area (Å²) in [6.45, 7) is 10.5. The summed E-state index contributed by atoms with van der Waals surface area (Å²) >= 11 is 0. The largest absolute Gasteiger partial charge is 0.495 e. The van der Waals surface area contributed by atoms with E-state index >= 15 is 0 Å². The second-order valence-corrected chi connectivity index (χ2v) is 8.53. The third kappa shape index (κ3) is 5.69. The predicted octanol–water partition coefficient (Wildman–Crippen LogP) is 2.44. The Balaban J connectivity index is 3.06. The van der Waals surface area contributed by atoms with Crippen LogP contribution in [0.15, 0.2) is 23.1 Å². The summed E-state index contributed by atoms with van der Waals surface area (Å²) in [4.78, 5) is 12.4. The molecule has 0 atom stereocenters. The fourth-order valence-electron chi connectivity index (χ4n) is 2.30. The van der Waals surface area contributed by atoms with Crippen molar-refractivity contribution in [1.82, 2.24) is 9.62 Å². The number of carbonyl (C=O) groups is 1. The highest BCUT2D eigenvalue weighted by Gasteiger charge is 2.23. The highest BCUT2D eigenvalue weighted by molar-refractivity contribution is 7.89. The molecule has 0 saturated carbocycles. The van der Waals surface area contributed by atoms with Gasteiger partial charge >= 0.3 is 0 Å². The van der Waals surface area contributed by atoms with E-state index in [0.717, 1.165) is 6.42 Å². The maximum Gasteiger partial charge on any atom is 0.243 e. The number of hydrogen-bond donors (Lipinski definition) is 2. The number of amides is 1. The second-order valence-electron chi connectivity index (χ2n) is 6.59. The third-order valence-corrected chi connectivity index (χ3v) is 6.45. The molecule has 1 aromatic carbocycles. The molecule has 2 N–H and O–H groups in total. The molecule has 0 unspecified atom stereocenters. The molecule has 0 aliphatic carbocycles. The minimum absolute atomic E-state index is 0.122. The molecule has 8 heteroatoms. The Kier molecular flexibility index (Phi) is 8.05. The Hall–Kier alpha value is -1.64. The van der Waals surface area contributed by atoms with Gasteiger partial charge in [0.15, 0.2) is 0 Å². The van der Waals surface area contributed by atoms with Crippen molar-refractivity contribution in [3.8, 4) is 5.75 Å². The number of methoxy groups -OCH3 is 1. The first-order valence-electron chi connectivity index (χ1n) is 8.84. The van der Waals surface area contributed by atoms with Crippen LogP contribution in [0.2, 0.25) is 0 Å². The molecule has 0 bridgehead atoms. The van der Waals surface area contributed by atoms with Crippen LogP contribution in [0.4, 0.5) is 5.69 Å². The smallest absolute Gasteiger partial charge is 0.243 e. The molecule has 7 nitrogen and oxygen atoms in total. The Labute approximate surface area is 157 Å².